The Labute approximate surface area is 37.0 Å². The van der Waals surface area contributed by atoms with E-state index in [0.717, 1.165) is 6.04 Å². The van der Waals surface area contributed by atoms with Gasteiger partial charge in [-0.15, -0.1) is 6.58 Å². The first-order chi connectivity index (χ1) is 2.87. The van der Waals surface area contributed by atoms with Crippen molar-refractivity contribution in [2.24, 2.45) is 0 Å². The van der Waals surface area contributed by atoms with Gasteiger partial charge in [0.25, 0.3) is 0 Å². The highest BCUT2D eigenvalue weighted by Crippen LogP contribution is 2.51. The maximum absolute atomic E-state index is 3.67. The van der Waals surface area contributed by atoms with Crippen LogP contribution in [0.15, 0.2) is 12.7 Å². The highest BCUT2D eigenvalue weighted by molar-refractivity contribution is 5.39. The lowest BCUT2D eigenvalue weighted by molar-refractivity contribution is 0.817. The summed E-state index contributed by atoms with van der Waals surface area (Å²) in [7, 11) is 0. The summed E-state index contributed by atoms with van der Waals surface area (Å²) in [6.45, 7) is 3.67. The minimum absolute atomic E-state index is 0.472. The molecular weight excluding hydrogens is 74.1 g/mol. The van der Waals surface area contributed by atoms with Crippen molar-refractivity contribution in [1.82, 2.24) is 5.32 Å². The molecule has 2 aliphatic rings. The van der Waals surface area contributed by atoms with E-state index in [4.69, 9.17) is 0 Å². The van der Waals surface area contributed by atoms with E-state index in [-0.39, 0.29) is 0 Å². The molecule has 2 fully saturated rings. The highest BCUT2D eigenvalue weighted by Gasteiger charge is 2.67. The second-order valence-electron chi connectivity index (χ2n) is 2.15. The third-order valence-electron chi connectivity index (χ3n) is 1.73. The molecule has 1 N–H and O–H groups in total. The Bertz CT molecular complexity index is 101. The maximum atomic E-state index is 3.67. The monoisotopic (exact) mass is 81.1 g/mol. The Morgan fingerprint density at radius 1 is 2.00 bits per heavy atom. The van der Waals surface area contributed by atoms with Crippen LogP contribution in [-0.4, -0.2) is 11.6 Å². The topological polar surface area (TPSA) is 21.9 Å². The molecule has 6 heavy (non-hydrogen) atoms. The lowest BCUT2D eigenvalue weighted by Gasteiger charge is -1.85. The molecule has 1 heterocycles. The molecule has 0 aromatic heterocycles. The molecular formula is C5H7N. The summed E-state index contributed by atoms with van der Waals surface area (Å²) >= 11 is 0. The number of hydrogen-bond donors (Lipinski definition) is 1. The fourth-order valence-electron chi connectivity index (χ4n) is 0.825. The van der Waals surface area contributed by atoms with Crippen LogP contribution in [0.5, 0.6) is 0 Å². The van der Waals surface area contributed by atoms with Gasteiger partial charge in [-0.05, 0) is 6.42 Å². The molecule has 1 aliphatic heterocycles. The van der Waals surface area contributed by atoms with Gasteiger partial charge in [-0.3, -0.25) is 0 Å². The quantitative estimate of drug-likeness (QED) is 0.355. The standard InChI is InChI=1S/C5H7N/c1-2-5-3-4(5)6-5/h2,4,6H,1,3H2/t4-,5-/m0/s1. The molecule has 0 aromatic rings. The van der Waals surface area contributed by atoms with Crippen molar-refractivity contribution in [3.8, 4) is 0 Å². The zero-order chi connectivity index (χ0) is 4.20. The molecule has 0 unspecified atom stereocenters. The second-order valence-corrected chi connectivity index (χ2v) is 2.15. The van der Waals surface area contributed by atoms with Crippen molar-refractivity contribution in [3.63, 3.8) is 0 Å². The van der Waals surface area contributed by atoms with Gasteiger partial charge in [0, 0.05) is 6.04 Å². The van der Waals surface area contributed by atoms with Crippen molar-refractivity contribution in [1.29, 1.82) is 0 Å². The first-order valence-electron chi connectivity index (χ1n) is 2.29. The third-order valence-corrected chi connectivity index (χ3v) is 1.73. The highest BCUT2D eigenvalue weighted by atomic mass is 15.3. The summed E-state index contributed by atoms with van der Waals surface area (Å²) in [4.78, 5) is 0. The average Bonchev–Trinajstić information content (AvgIpc) is 2.12. The van der Waals surface area contributed by atoms with Gasteiger partial charge in [-0.2, -0.15) is 0 Å². The summed E-state index contributed by atoms with van der Waals surface area (Å²) in [6, 6.07) is 0.843. The van der Waals surface area contributed by atoms with Crippen LogP contribution in [-0.2, 0) is 0 Å². The van der Waals surface area contributed by atoms with Crippen LogP contribution in [0, 0.1) is 0 Å². The van der Waals surface area contributed by atoms with Crippen LogP contribution >= 0.6 is 0 Å². The van der Waals surface area contributed by atoms with Gasteiger partial charge in [0.15, 0.2) is 0 Å². The normalized spacial score (nSPS) is 59.7. The van der Waals surface area contributed by atoms with E-state index < -0.39 is 0 Å². The van der Waals surface area contributed by atoms with Crippen LogP contribution in [0.1, 0.15) is 6.42 Å². The van der Waals surface area contributed by atoms with Crippen LogP contribution in [0.2, 0.25) is 0 Å². The van der Waals surface area contributed by atoms with E-state index in [1.165, 1.54) is 6.42 Å². The van der Waals surface area contributed by atoms with Crippen LogP contribution < -0.4 is 5.32 Å². The number of nitrogens with one attached hydrogen (secondary N) is 1. The number of fused-ring (bicyclic) bond motifs is 1. The Morgan fingerprint density at radius 2 is 2.50 bits per heavy atom. The van der Waals surface area contributed by atoms with Crippen molar-refractivity contribution in [2.75, 3.05) is 0 Å². The molecule has 2 rings (SSSR count). The Balaban J connectivity index is 2.27. The van der Waals surface area contributed by atoms with Gasteiger partial charge in [-0.25, -0.2) is 0 Å². The first-order valence-corrected chi connectivity index (χ1v) is 2.29. The minimum atomic E-state index is 0.472. The van der Waals surface area contributed by atoms with E-state index in [2.05, 4.69) is 11.9 Å². The molecule has 0 radical (unpaired) electrons. The zero-order valence-corrected chi connectivity index (χ0v) is 3.57. The molecule has 0 aromatic carbocycles. The number of rotatable bonds is 1. The van der Waals surface area contributed by atoms with Crippen LogP contribution in [0.3, 0.4) is 0 Å². The van der Waals surface area contributed by atoms with Gasteiger partial charge in [-0.1, -0.05) is 6.08 Å². The fraction of sp³-hybridized carbons (Fsp3) is 0.600. The molecule has 0 spiro atoms. The van der Waals surface area contributed by atoms with Crippen molar-refractivity contribution >= 4 is 0 Å². The summed E-state index contributed by atoms with van der Waals surface area (Å²) in [5.74, 6) is 0. The predicted molar refractivity (Wildman–Crippen MR) is 24.5 cm³/mol. The van der Waals surface area contributed by atoms with Gasteiger partial charge < -0.3 is 5.32 Å². The number of hydrogen-bond acceptors (Lipinski definition) is 1. The molecule has 0 amide bonds. The molecule has 32 valence electrons. The summed E-state index contributed by atoms with van der Waals surface area (Å²) in [5.41, 5.74) is 0.472. The molecule has 2 atom stereocenters. The zero-order valence-electron chi connectivity index (χ0n) is 3.57. The molecule has 1 aliphatic carbocycles. The largest absolute Gasteiger partial charge is 0.301 e. The fourth-order valence-corrected chi connectivity index (χ4v) is 0.825. The van der Waals surface area contributed by atoms with Gasteiger partial charge >= 0.3 is 0 Å². The van der Waals surface area contributed by atoms with Gasteiger partial charge in [0.2, 0.25) is 0 Å². The van der Waals surface area contributed by atoms with E-state index >= 15 is 0 Å². The Morgan fingerprint density at radius 3 is 2.50 bits per heavy atom. The third kappa shape index (κ3) is 0.125. The van der Waals surface area contributed by atoms with Crippen molar-refractivity contribution in [3.05, 3.63) is 12.7 Å². The predicted octanol–water partition coefficient (Wildman–Crippen LogP) is 0.287. The molecule has 1 nitrogen and oxygen atoms in total. The smallest absolute Gasteiger partial charge is 0.0537 e. The lowest BCUT2D eigenvalue weighted by atomic mass is 10.4. The molecule has 1 heteroatoms. The maximum Gasteiger partial charge on any atom is 0.0537 e. The summed E-state index contributed by atoms with van der Waals surface area (Å²) < 4.78 is 0. The first kappa shape index (κ1) is 2.80. The summed E-state index contributed by atoms with van der Waals surface area (Å²) in [5, 5.41) is 3.24. The van der Waals surface area contributed by atoms with Crippen LogP contribution in [0.4, 0.5) is 0 Å². The molecule has 1 saturated carbocycles. The Kier molecular flexibility index (Phi) is 0.220. The van der Waals surface area contributed by atoms with Gasteiger partial charge in [0.1, 0.15) is 0 Å². The van der Waals surface area contributed by atoms with Crippen molar-refractivity contribution < 1.29 is 0 Å². The summed E-state index contributed by atoms with van der Waals surface area (Å²) in [6.07, 6.45) is 3.36. The van der Waals surface area contributed by atoms with E-state index in [1.807, 2.05) is 6.08 Å². The van der Waals surface area contributed by atoms with Gasteiger partial charge in [0.05, 0.1) is 5.54 Å². The average molecular weight is 81.1 g/mol. The second kappa shape index (κ2) is 0.470. The Hall–Kier alpha value is -0.300. The van der Waals surface area contributed by atoms with E-state index in [1.54, 1.807) is 0 Å². The van der Waals surface area contributed by atoms with E-state index in [9.17, 15) is 0 Å². The molecule has 0 bridgehead atoms. The minimum Gasteiger partial charge on any atom is -0.301 e. The van der Waals surface area contributed by atoms with Crippen LogP contribution in [0.25, 0.3) is 0 Å². The lowest BCUT2D eigenvalue weighted by Crippen LogP contribution is -2.02. The SMILES string of the molecule is C=C[C@]12C[C@@H]1N2. The van der Waals surface area contributed by atoms with Crippen molar-refractivity contribution in [2.45, 2.75) is 18.0 Å². The molecule has 1 saturated heterocycles. The van der Waals surface area contributed by atoms with E-state index in [0.29, 0.717) is 5.54 Å².